The van der Waals surface area contributed by atoms with E-state index in [9.17, 15) is 13.2 Å². The third-order valence-corrected chi connectivity index (χ3v) is 6.16. The highest BCUT2D eigenvalue weighted by Gasteiger charge is 2.29. The Morgan fingerprint density at radius 3 is 2.67 bits per heavy atom. The molecule has 1 aromatic heterocycles. The SMILES string of the molecule is CCn1cnnc1CNC(=O)[C@@H](NS(=O)(=O)c1ccc2c(c1)OCCCO2)C(C)C. The van der Waals surface area contributed by atoms with Gasteiger partial charge >= 0.3 is 0 Å². The predicted molar refractivity (Wildman–Crippen MR) is 109 cm³/mol. The Morgan fingerprint density at radius 2 is 1.97 bits per heavy atom. The quantitative estimate of drug-likeness (QED) is 0.633. The third kappa shape index (κ3) is 5.08. The zero-order valence-electron chi connectivity index (χ0n) is 17.3. The lowest BCUT2D eigenvalue weighted by Crippen LogP contribution is -2.49. The van der Waals surface area contributed by atoms with Crippen LogP contribution in [0.15, 0.2) is 29.4 Å². The van der Waals surface area contributed by atoms with Gasteiger partial charge in [-0.05, 0) is 25.0 Å². The molecule has 0 saturated heterocycles. The van der Waals surface area contributed by atoms with Crippen LogP contribution in [0.1, 0.15) is 33.0 Å². The molecule has 1 amide bonds. The average Bonchev–Trinajstić information content (AvgIpc) is 3.04. The van der Waals surface area contributed by atoms with Gasteiger partial charge in [0.15, 0.2) is 17.3 Å². The van der Waals surface area contributed by atoms with E-state index in [1.54, 1.807) is 30.8 Å². The molecule has 11 heteroatoms. The molecule has 0 spiro atoms. The zero-order valence-corrected chi connectivity index (χ0v) is 18.1. The summed E-state index contributed by atoms with van der Waals surface area (Å²) in [7, 11) is -3.96. The molecule has 10 nitrogen and oxygen atoms in total. The topological polar surface area (TPSA) is 124 Å². The van der Waals surface area contributed by atoms with Crippen LogP contribution in [0.2, 0.25) is 0 Å². The van der Waals surface area contributed by atoms with E-state index >= 15 is 0 Å². The number of carbonyl (C=O) groups is 1. The second-order valence-corrected chi connectivity index (χ2v) is 8.97. The Kier molecular flexibility index (Phi) is 6.93. The maximum absolute atomic E-state index is 12.9. The number of aromatic nitrogens is 3. The van der Waals surface area contributed by atoms with Gasteiger partial charge in [0, 0.05) is 19.0 Å². The number of nitrogens with zero attached hydrogens (tertiary/aromatic N) is 3. The number of carbonyl (C=O) groups excluding carboxylic acids is 1. The van der Waals surface area contributed by atoms with Crippen LogP contribution < -0.4 is 19.5 Å². The van der Waals surface area contributed by atoms with Gasteiger partial charge in [0.2, 0.25) is 15.9 Å². The van der Waals surface area contributed by atoms with Crippen LogP contribution in [0, 0.1) is 5.92 Å². The van der Waals surface area contributed by atoms with Crippen molar-refractivity contribution in [1.29, 1.82) is 0 Å². The Labute approximate surface area is 176 Å². The van der Waals surface area contributed by atoms with Gasteiger partial charge in [-0.25, -0.2) is 8.42 Å². The average molecular weight is 438 g/mol. The van der Waals surface area contributed by atoms with E-state index in [-0.39, 0.29) is 17.4 Å². The van der Waals surface area contributed by atoms with Crippen molar-refractivity contribution in [2.24, 2.45) is 5.92 Å². The summed E-state index contributed by atoms with van der Waals surface area (Å²) in [4.78, 5) is 12.7. The third-order valence-electron chi connectivity index (χ3n) is 4.72. The summed E-state index contributed by atoms with van der Waals surface area (Å²) in [6.07, 6.45) is 2.30. The lowest BCUT2D eigenvalue weighted by Gasteiger charge is -2.22. The van der Waals surface area contributed by atoms with E-state index in [0.717, 1.165) is 6.42 Å². The summed E-state index contributed by atoms with van der Waals surface area (Å²) < 4.78 is 41.3. The molecule has 2 N–H and O–H groups in total. The van der Waals surface area contributed by atoms with Crippen molar-refractivity contribution in [1.82, 2.24) is 24.8 Å². The number of ether oxygens (including phenoxy) is 2. The first-order valence-electron chi connectivity index (χ1n) is 9.88. The smallest absolute Gasteiger partial charge is 0.241 e. The highest BCUT2D eigenvalue weighted by atomic mass is 32.2. The van der Waals surface area contributed by atoms with E-state index in [4.69, 9.17) is 9.47 Å². The van der Waals surface area contributed by atoms with Crippen LogP contribution in [0.25, 0.3) is 0 Å². The molecule has 1 aromatic carbocycles. The van der Waals surface area contributed by atoms with E-state index in [0.29, 0.717) is 37.1 Å². The number of rotatable bonds is 8. The fourth-order valence-electron chi connectivity index (χ4n) is 2.99. The molecule has 0 saturated carbocycles. The van der Waals surface area contributed by atoms with Crippen molar-refractivity contribution in [3.05, 3.63) is 30.4 Å². The van der Waals surface area contributed by atoms with Crippen LogP contribution in [0.4, 0.5) is 0 Å². The summed E-state index contributed by atoms with van der Waals surface area (Å²) >= 11 is 0. The van der Waals surface area contributed by atoms with Gasteiger partial charge in [0.1, 0.15) is 12.4 Å². The van der Waals surface area contributed by atoms with Crippen LogP contribution in [-0.4, -0.2) is 48.3 Å². The Hall–Kier alpha value is -2.66. The first-order chi connectivity index (χ1) is 14.3. The molecule has 1 aliphatic rings. The van der Waals surface area contributed by atoms with Gasteiger partial charge in [0.25, 0.3) is 0 Å². The summed E-state index contributed by atoms with van der Waals surface area (Å²) in [6, 6.07) is 3.47. The maximum atomic E-state index is 12.9. The van der Waals surface area contributed by atoms with Gasteiger partial charge in [0.05, 0.1) is 24.7 Å². The lowest BCUT2D eigenvalue weighted by atomic mass is 10.1. The predicted octanol–water partition coefficient (Wildman–Crippen LogP) is 1.08. The number of aryl methyl sites for hydroxylation is 1. The molecule has 1 aliphatic heterocycles. The second kappa shape index (κ2) is 9.43. The molecule has 0 radical (unpaired) electrons. The molecule has 2 aromatic rings. The highest BCUT2D eigenvalue weighted by Crippen LogP contribution is 2.32. The normalized spacial score (nSPS) is 14.9. The minimum absolute atomic E-state index is 0.0101. The fourth-order valence-corrected chi connectivity index (χ4v) is 4.35. The van der Waals surface area contributed by atoms with Crippen molar-refractivity contribution in [2.75, 3.05) is 13.2 Å². The van der Waals surface area contributed by atoms with Crippen LogP contribution in [0.3, 0.4) is 0 Å². The van der Waals surface area contributed by atoms with Crippen LogP contribution in [-0.2, 0) is 27.9 Å². The highest BCUT2D eigenvalue weighted by molar-refractivity contribution is 7.89. The van der Waals surface area contributed by atoms with Gasteiger partial charge in [-0.1, -0.05) is 13.8 Å². The second-order valence-electron chi connectivity index (χ2n) is 7.25. The van der Waals surface area contributed by atoms with E-state index in [2.05, 4.69) is 20.2 Å². The minimum atomic E-state index is -3.96. The Morgan fingerprint density at radius 1 is 1.23 bits per heavy atom. The van der Waals surface area contributed by atoms with Gasteiger partial charge < -0.3 is 19.4 Å². The molecule has 0 unspecified atom stereocenters. The monoisotopic (exact) mass is 437 g/mol. The first kappa shape index (κ1) is 22.0. The van der Waals surface area contributed by atoms with Crippen molar-refractivity contribution < 1.29 is 22.7 Å². The van der Waals surface area contributed by atoms with Crippen LogP contribution >= 0.6 is 0 Å². The van der Waals surface area contributed by atoms with Gasteiger partial charge in [-0.2, -0.15) is 4.72 Å². The molecular weight excluding hydrogens is 410 g/mol. The van der Waals surface area contributed by atoms with Crippen molar-refractivity contribution in [3.63, 3.8) is 0 Å². The summed E-state index contributed by atoms with van der Waals surface area (Å²) in [6.45, 7) is 7.27. The molecular formula is C19H27N5O5S. The number of sulfonamides is 1. The summed E-state index contributed by atoms with van der Waals surface area (Å²) in [5.41, 5.74) is 0. The van der Waals surface area contributed by atoms with E-state index in [1.165, 1.54) is 12.1 Å². The molecule has 164 valence electrons. The molecule has 30 heavy (non-hydrogen) atoms. The minimum Gasteiger partial charge on any atom is -0.490 e. The number of hydrogen-bond acceptors (Lipinski definition) is 7. The molecule has 3 rings (SSSR count). The van der Waals surface area contributed by atoms with Crippen LogP contribution in [0.5, 0.6) is 11.5 Å². The van der Waals surface area contributed by atoms with Crippen molar-refractivity contribution in [3.8, 4) is 11.5 Å². The van der Waals surface area contributed by atoms with E-state index < -0.39 is 22.0 Å². The molecule has 0 aliphatic carbocycles. The summed E-state index contributed by atoms with van der Waals surface area (Å²) in [5, 5.41) is 10.5. The molecule has 0 fully saturated rings. The molecule has 2 heterocycles. The van der Waals surface area contributed by atoms with Gasteiger partial charge in [-0.3, -0.25) is 4.79 Å². The fraction of sp³-hybridized carbons (Fsp3) is 0.526. The number of fused-ring (bicyclic) bond motifs is 1. The molecule has 0 bridgehead atoms. The number of nitrogens with one attached hydrogen (secondary N) is 2. The molecule has 1 atom stereocenters. The Balaban J connectivity index is 1.73. The van der Waals surface area contributed by atoms with Crippen molar-refractivity contribution in [2.45, 2.75) is 51.2 Å². The maximum Gasteiger partial charge on any atom is 0.241 e. The standard InChI is InChI=1S/C19H27N5O5S/c1-4-24-12-21-22-17(24)11-20-19(25)18(13(2)3)23-30(26,27)14-6-7-15-16(10-14)29-9-5-8-28-15/h6-7,10,12-13,18,23H,4-5,8-9,11H2,1-3H3,(H,20,25)/t18-/m0/s1. The van der Waals surface area contributed by atoms with Gasteiger partial charge in [-0.15, -0.1) is 10.2 Å². The first-order valence-corrected chi connectivity index (χ1v) is 11.4. The van der Waals surface area contributed by atoms with E-state index in [1.807, 2.05) is 6.92 Å². The number of benzene rings is 1. The number of amides is 1. The van der Waals surface area contributed by atoms with Crippen molar-refractivity contribution >= 4 is 15.9 Å². The zero-order chi connectivity index (χ0) is 21.7. The lowest BCUT2D eigenvalue weighted by molar-refractivity contribution is -0.123. The number of hydrogen-bond donors (Lipinski definition) is 2. The summed E-state index contributed by atoms with van der Waals surface area (Å²) in [5.74, 6) is 0.765. The largest absolute Gasteiger partial charge is 0.490 e. The Bertz CT molecular complexity index is 989.